The summed E-state index contributed by atoms with van der Waals surface area (Å²) in [5.74, 6) is 0.469. The first-order chi connectivity index (χ1) is 9.97. The van der Waals surface area contributed by atoms with E-state index < -0.39 is 10.0 Å². The number of para-hydroxylation sites is 2. The molecule has 21 heavy (non-hydrogen) atoms. The van der Waals surface area contributed by atoms with E-state index in [2.05, 4.69) is 4.72 Å². The molecule has 0 aliphatic heterocycles. The maximum atomic E-state index is 12.4. The Morgan fingerprint density at radius 3 is 2.52 bits per heavy atom. The van der Waals surface area contributed by atoms with Crippen LogP contribution in [0.15, 0.2) is 47.4 Å². The topological polar surface area (TPSA) is 81.4 Å². The van der Waals surface area contributed by atoms with Crippen LogP contribution in [-0.4, -0.2) is 15.5 Å². The van der Waals surface area contributed by atoms with Gasteiger partial charge in [0, 0.05) is 6.54 Å². The summed E-state index contributed by atoms with van der Waals surface area (Å²) in [5, 5.41) is 0. The van der Waals surface area contributed by atoms with Crippen LogP contribution in [-0.2, 0) is 16.6 Å². The SMILES string of the molecule is COc1ccccc1NS(=O)(=O)c1ccc(CN)c(C)c1. The molecule has 2 aromatic rings. The number of anilines is 1. The Labute approximate surface area is 124 Å². The second-order valence-electron chi connectivity index (χ2n) is 4.60. The molecule has 0 amide bonds. The lowest BCUT2D eigenvalue weighted by Crippen LogP contribution is -2.14. The Morgan fingerprint density at radius 1 is 1.19 bits per heavy atom. The Kier molecular flexibility index (Phi) is 4.50. The fraction of sp³-hybridized carbons (Fsp3) is 0.200. The lowest BCUT2D eigenvalue weighted by molar-refractivity contribution is 0.417. The molecule has 0 heterocycles. The van der Waals surface area contributed by atoms with Gasteiger partial charge in [-0.3, -0.25) is 4.72 Å². The summed E-state index contributed by atoms with van der Waals surface area (Å²) in [7, 11) is -2.17. The maximum Gasteiger partial charge on any atom is 0.262 e. The molecule has 112 valence electrons. The first kappa shape index (κ1) is 15.3. The lowest BCUT2D eigenvalue weighted by atomic mass is 10.1. The van der Waals surface area contributed by atoms with Gasteiger partial charge in [0.1, 0.15) is 5.75 Å². The summed E-state index contributed by atoms with van der Waals surface area (Å²) in [6.07, 6.45) is 0. The zero-order valence-corrected chi connectivity index (χ0v) is 12.8. The molecule has 0 spiro atoms. The number of hydrogen-bond acceptors (Lipinski definition) is 4. The molecule has 6 heteroatoms. The van der Waals surface area contributed by atoms with E-state index in [1.54, 1.807) is 42.5 Å². The Bertz CT molecular complexity index is 742. The third kappa shape index (κ3) is 3.34. The van der Waals surface area contributed by atoms with Gasteiger partial charge in [-0.1, -0.05) is 18.2 Å². The summed E-state index contributed by atoms with van der Waals surface area (Å²) in [6.45, 7) is 2.22. The number of nitrogens with one attached hydrogen (secondary N) is 1. The van der Waals surface area contributed by atoms with Crippen LogP contribution < -0.4 is 15.2 Å². The van der Waals surface area contributed by atoms with Gasteiger partial charge in [-0.2, -0.15) is 0 Å². The van der Waals surface area contributed by atoms with Crippen molar-refractivity contribution in [2.75, 3.05) is 11.8 Å². The predicted molar refractivity (Wildman–Crippen MR) is 82.9 cm³/mol. The highest BCUT2D eigenvalue weighted by molar-refractivity contribution is 7.92. The van der Waals surface area contributed by atoms with E-state index in [0.717, 1.165) is 11.1 Å². The average molecular weight is 306 g/mol. The fourth-order valence-corrected chi connectivity index (χ4v) is 3.15. The van der Waals surface area contributed by atoms with Gasteiger partial charge in [-0.15, -0.1) is 0 Å². The molecular weight excluding hydrogens is 288 g/mol. The molecule has 0 aliphatic rings. The molecule has 0 fully saturated rings. The second kappa shape index (κ2) is 6.15. The molecule has 0 saturated carbocycles. The molecule has 0 aromatic heterocycles. The number of nitrogens with two attached hydrogens (primary N) is 1. The van der Waals surface area contributed by atoms with Crippen LogP contribution in [0.5, 0.6) is 5.75 Å². The third-order valence-electron chi connectivity index (χ3n) is 3.20. The third-order valence-corrected chi connectivity index (χ3v) is 4.56. The van der Waals surface area contributed by atoms with Gasteiger partial charge in [0.2, 0.25) is 0 Å². The van der Waals surface area contributed by atoms with E-state index in [1.807, 2.05) is 6.92 Å². The van der Waals surface area contributed by atoms with Crippen molar-refractivity contribution >= 4 is 15.7 Å². The van der Waals surface area contributed by atoms with Crippen molar-refractivity contribution in [3.05, 3.63) is 53.6 Å². The fourth-order valence-electron chi connectivity index (χ4n) is 2.00. The largest absolute Gasteiger partial charge is 0.495 e. The molecule has 0 radical (unpaired) electrons. The van der Waals surface area contributed by atoms with Crippen molar-refractivity contribution in [3.63, 3.8) is 0 Å². The minimum atomic E-state index is -3.66. The van der Waals surface area contributed by atoms with Crippen LogP contribution in [0.2, 0.25) is 0 Å². The monoisotopic (exact) mass is 306 g/mol. The van der Waals surface area contributed by atoms with E-state index in [1.165, 1.54) is 7.11 Å². The van der Waals surface area contributed by atoms with E-state index in [-0.39, 0.29) is 4.90 Å². The molecule has 3 N–H and O–H groups in total. The molecule has 2 rings (SSSR count). The summed E-state index contributed by atoms with van der Waals surface area (Å²) >= 11 is 0. The minimum absolute atomic E-state index is 0.197. The molecule has 0 atom stereocenters. The first-order valence-electron chi connectivity index (χ1n) is 6.43. The number of benzene rings is 2. The van der Waals surface area contributed by atoms with Crippen LogP contribution in [0.1, 0.15) is 11.1 Å². The van der Waals surface area contributed by atoms with Crippen molar-refractivity contribution < 1.29 is 13.2 Å². The van der Waals surface area contributed by atoms with Crippen molar-refractivity contribution in [2.45, 2.75) is 18.4 Å². The van der Waals surface area contributed by atoms with Crippen LogP contribution in [0, 0.1) is 6.92 Å². The van der Waals surface area contributed by atoms with Gasteiger partial charge < -0.3 is 10.5 Å². The second-order valence-corrected chi connectivity index (χ2v) is 6.28. The van der Waals surface area contributed by atoms with E-state index in [0.29, 0.717) is 18.0 Å². The van der Waals surface area contributed by atoms with Crippen LogP contribution in [0.4, 0.5) is 5.69 Å². The molecule has 2 aromatic carbocycles. The zero-order valence-electron chi connectivity index (χ0n) is 12.0. The van der Waals surface area contributed by atoms with E-state index in [9.17, 15) is 8.42 Å². The van der Waals surface area contributed by atoms with Gasteiger partial charge in [0.05, 0.1) is 17.7 Å². The summed E-state index contributed by atoms with van der Waals surface area (Å²) in [6, 6.07) is 11.7. The Hall–Kier alpha value is -2.05. The first-order valence-corrected chi connectivity index (χ1v) is 7.91. The Balaban J connectivity index is 2.36. The number of methoxy groups -OCH3 is 1. The van der Waals surface area contributed by atoms with E-state index >= 15 is 0 Å². The standard InChI is InChI=1S/C15H18N2O3S/c1-11-9-13(8-7-12(11)10-16)21(18,19)17-14-5-3-4-6-15(14)20-2/h3-9,17H,10,16H2,1-2H3. The lowest BCUT2D eigenvalue weighted by Gasteiger charge is -2.12. The quantitative estimate of drug-likeness (QED) is 0.888. The van der Waals surface area contributed by atoms with E-state index in [4.69, 9.17) is 10.5 Å². The number of ether oxygens (including phenoxy) is 1. The van der Waals surface area contributed by atoms with Crippen molar-refractivity contribution in [3.8, 4) is 5.75 Å². The van der Waals surface area contributed by atoms with Crippen LogP contribution >= 0.6 is 0 Å². The molecule has 5 nitrogen and oxygen atoms in total. The van der Waals surface area contributed by atoms with Gasteiger partial charge in [-0.05, 0) is 42.3 Å². The number of sulfonamides is 1. The Morgan fingerprint density at radius 2 is 1.90 bits per heavy atom. The van der Waals surface area contributed by atoms with Gasteiger partial charge in [-0.25, -0.2) is 8.42 Å². The van der Waals surface area contributed by atoms with Gasteiger partial charge in [0.25, 0.3) is 10.0 Å². The summed E-state index contributed by atoms with van der Waals surface area (Å²) in [5.41, 5.74) is 7.76. The smallest absolute Gasteiger partial charge is 0.262 e. The number of hydrogen-bond donors (Lipinski definition) is 2. The summed E-state index contributed by atoms with van der Waals surface area (Å²) < 4.78 is 32.5. The molecule has 0 saturated heterocycles. The minimum Gasteiger partial charge on any atom is -0.495 e. The summed E-state index contributed by atoms with van der Waals surface area (Å²) in [4.78, 5) is 0.197. The van der Waals surface area contributed by atoms with Crippen LogP contribution in [0.3, 0.4) is 0 Å². The van der Waals surface area contributed by atoms with Gasteiger partial charge in [0.15, 0.2) is 0 Å². The molecule has 0 aliphatic carbocycles. The van der Waals surface area contributed by atoms with Crippen LogP contribution in [0.25, 0.3) is 0 Å². The zero-order chi connectivity index (χ0) is 15.5. The molecule has 0 unspecified atom stereocenters. The predicted octanol–water partition coefficient (Wildman–Crippen LogP) is 2.26. The van der Waals surface area contributed by atoms with Crippen molar-refractivity contribution in [1.29, 1.82) is 0 Å². The molecular formula is C15H18N2O3S. The maximum absolute atomic E-state index is 12.4. The van der Waals surface area contributed by atoms with Crippen molar-refractivity contribution in [2.24, 2.45) is 5.73 Å². The molecule has 0 bridgehead atoms. The number of rotatable bonds is 5. The average Bonchev–Trinajstić information content (AvgIpc) is 2.47. The normalized spacial score (nSPS) is 11.2. The highest BCUT2D eigenvalue weighted by Gasteiger charge is 2.17. The highest BCUT2D eigenvalue weighted by Crippen LogP contribution is 2.26. The number of aryl methyl sites for hydroxylation is 1. The van der Waals surface area contributed by atoms with Gasteiger partial charge >= 0.3 is 0 Å². The highest BCUT2D eigenvalue weighted by atomic mass is 32.2. The van der Waals surface area contributed by atoms with Crippen molar-refractivity contribution in [1.82, 2.24) is 0 Å².